The Morgan fingerprint density at radius 2 is 1.86 bits per heavy atom. The number of halogens is 1. The molecule has 0 fully saturated rings. The molecule has 1 N–H and O–H groups in total. The summed E-state index contributed by atoms with van der Waals surface area (Å²) in [5, 5.41) is 7.85. The molecule has 0 saturated heterocycles. The van der Waals surface area contributed by atoms with Crippen molar-refractivity contribution in [2.24, 2.45) is 4.99 Å². The highest BCUT2D eigenvalue weighted by molar-refractivity contribution is 6.31. The molecular formula is C19H21ClN2. The zero-order chi connectivity index (χ0) is 16.4. The van der Waals surface area contributed by atoms with Crippen LogP contribution >= 0.6 is 11.6 Å². The first kappa shape index (κ1) is 17.9. The summed E-state index contributed by atoms with van der Waals surface area (Å²) < 4.78 is 0. The first-order valence-corrected chi connectivity index (χ1v) is 7.48. The second kappa shape index (κ2) is 9.69. The summed E-state index contributed by atoms with van der Waals surface area (Å²) in [4.78, 5) is 3.49. The van der Waals surface area contributed by atoms with Crippen LogP contribution in [0.2, 0.25) is 0 Å². The molecule has 0 atom stereocenters. The normalized spacial score (nSPS) is 10.4. The van der Waals surface area contributed by atoms with E-state index in [0.29, 0.717) is 5.71 Å². The second-order valence-corrected chi connectivity index (χ2v) is 5.13. The molecule has 2 aromatic rings. The molecule has 0 heterocycles. The van der Waals surface area contributed by atoms with E-state index in [0.717, 1.165) is 12.0 Å². The van der Waals surface area contributed by atoms with E-state index in [1.54, 1.807) is 0 Å². The molecule has 0 aliphatic carbocycles. The van der Waals surface area contributed by atoms with Crippen LogP contribution in [-0.4, -0.2) is 12.4 Å². The van der Waals surface area contributed by atoms with Crippen molar-refractivity contribution >= 4 is 24.0 Å². The van der Waals surface area contributed by atoms with Crippen LogP contribution in [0.3, 0.4) is 0 Å². The number of nitrogens with zero attached hydrogens (tertiary/aromatic N) is 1. The van der Waals surface area contributed by atoms with Gasteiger partial charge in [-0.05, 0) is 31.2 Å². The second-order valence-electron chi connectivity index (χ2n) is 4.75. The number of rotatable bonds is 4. The van der Waals surface area contributed by atoms with Gasteiger partial charge in [0, 0.05) is 6.08 Å². The summed E-state index contributed by atoms with van der Waals surface area (Å²) >= 11 is 5.60. The summed E-state index contributed by atoms with van der Waals surface area (Å²) in [6, 6.07) is 17.9. The van der Waals surface area contributed by atoms with Gasteiger partial charge < -0.3 is 5.41 Å². The van der Waals surface area contributed by atoms with E-state index in [1.807, 2.05) is 30.3 Å². The zero-order valence-electron chi connectivity index (χ0n) is 13.0. The predicted molar refractivity (Wildman–Crippen MR) is 97.3 cm³/mol. The van der Waals surface area contributed by atoms with Crippen LogP contribution in [0.1, 0.15) is 23.6 Å². The third kappa shape index (κ3) is 6.51. The number of hydrogen-bond donors (Lipinski definition) is 1. The van der Waals surface area contributed by atoms with Gasteiger partial charge in [-0.1, -0.05) is 78.7 Å². The molecule has 114 valence electrons. The van der Waals surface area contributed by atoms with Gasteiger partial charge in [-0.2, -0.15) is 0 Å². The van der Waals surface area contributed by atoms with Crippen LogP contribution in [0.4, 0.5) is 0 Å². The largest absolute Gasteiger partial charge is 0.300 e. The lowest BCUT2D eigenvalue weighted by Gasteiger charge is -1.96. The maximum absolute atomic E-state index is 7.61. The molecule has 0 aliphatic rings. The third-order valence-corrected chi connectivity index (χ3v) is 3.22. The van der Waals surface area contributed by atoms with Crippen molar-refractivity contribution in [3.8, 4) is 0 Å². The van der Waals surface area contributed by atoms with Crippen molar-refractivity contribution in [3.63, 3.8) is 0 Å². The minimum absolute atomic E-state index is 0.230. The summed E-state index contributed by atoms with van der Waals surface area (Å²) in [5.41, 5.74) is 3.92. The fraction of sp³-hybridized carbons (Fsp3) is 0.158. The molecular weight excluding hydrogens is 292 g/mol. The highest BCUT2D eigenvalue weighted by Crippen LogP contribution is 2.06. The Bertz CT molecular complexity index is 645. The van der Waals surface area contributed by atoms with Gasteiger partial charge in [0.1, 0.15) is 5.16 Å². The van der Waals surface area contributed by atoms with Crippen molar-refractivity contribution < 1.29 is 0 Å². The van der Waals surface area contributed by atoms with Gasteiger partial charge in [-0.15, -0.1) is 0 Å². The van der Waals surface area contributed by atoms with Crippen LogP contribution < -0.4 is 0 Å². The SMILES string of the molecule is C=N/C(Cl)=C\C(=N)c1ccccc1.CCc1cccc(C)c1. The number of nitrogens with one attached hydrogen (secondary N) is 1. The molecule has 0 saturated carbocycles. The number of benzene rings is 2. The quantitative estimate of drug-likeness (QED) is 0.580. The van der Waals surface area contributed by atoms with E-state index in [1.165, 1.54) is 17.2 Å². The molecule has 0 aromatic heterocycles. The Balaban J connectivity index is 0.000000235. The van der Waals surface area contributed by atoms with Crippen molar-refractivity contribution in [1.29, 1.82) is 5.41 Å². The average molecular weight is 313 g/mol. The molecule has 0 spiro atoms. The maximum atomic E-state index is 7.61. The van der Waals surface area contributed by atoms with Gasteiger partial charge in [0.05, 0.1) is 5.71 Å². The highest BCUT2D eigenvalue weighted by Gasteiger charge is 1.96. The maximum Gasteiger partial charge on any atom is 0.130 e. The van der Waals surface area contributed by atoms with Crippen LogP contribution in [0, 0.1) is 12.3 Å². The van der Waals surface area contributed by atoms with Crippen molar-refractivity contribution in [2.45, 2.75) is 20.3 Å². The molecule has 3 heteroatoms. The van der Waals surface area contributed by atoms with E-state index >= 15 is 0 Å². The number of hydrogen-bond acceptors (Lipinski definition) is 2. The lowest BCUT2D eigenvalue weighted by molar-refractivity contribution is 1.13. The monoisotopic (exact) mass is 312 g/mol. The van der Waals surface area contributed by atoms with E-state index < -0.39 is 0 Å². The van der Waals surface area contributed by atoms with Gasteiger partial charge in [0.15, 0.2) is 0 Å². The predicted octanol–water partition coefficient (Wildman–Crippen LogP) is 5.39. The number of aliphatic imine (C=N–C) groups is 1. The molecule has 2 nitrogen and oxygen atoms in total. The minimum atomic E-state index is 0.230. The molecule has 2 aromatic carbocycles. The molecule has 0 bridgehead atoms. The van der Waals surface area contributed by atoms with Crippen LogP contribution in [0.15, 0.2) is 70.8 Å². The van der Waals surface area contributed by atoms with Crippen LogP contribution in [0.5, 0.6) is 0 Å². The highest BCUT2D eigenvalue weighted by atomic mass is 35.5. The lowest BCUT2D eigenvalue weighted by Crippen LogP contribution is -1.93. The Morgan fingerprint density at radius 3 is 2.36 bits per heavy atom. The standard InChI is InChI=1S/C10H9ClN2.C9H12/c1-13-10(11)7-9(12)8-5-3-2-4-6-8;1-3-9-6-4-5-8(2)7-9/h2-7,12H,1H2;4-7H,3H2,1-2H3/b10-7-,12-9?;. The average Bonchev–Trinajstić information content (AvgIpc) is 2.56. The topological polar surface area (TPSA) is 36.2 Å². The van der Waals surface area contributed by atoms with Crippen molar-refractivity contribution in [1.82, 2.24) is 0 Å². The summed E-state index contributed by atoms with van der Waals surface area (Å²) in [6.45, 7) is 7.56. The minimum Gasteiger partial charge on any atom is -0.300 e. The first-order chi connectivity index (χ1) is 10.6. The molecule has 0 amide bonds. The lowest BCUT2D eigenvalue weighted by atomic mass is 10.1. The molecule has 2 rings (SSSR count). The fourth-order valence-electron chi connectivity index (χ4n) is 1.80. The fourth-order valence-corrected chi connectivity index (χ4v) is 1.91. The van der Waals surface area contributed by atoms with Gasteiger partial charge in [-0.25, -0.2) is 0 Å². The Morgan fingerprint density at radius 1 is 1.18 bits per heavy atom. The van der Waals surface area contributed by atoms with E-state index in [9.17, 15) is 0 Å². The van der Waals surface area contributed by atoms with E-state index in [2.05, 4.69) is 49.8 Å². The summed E-state index contributed by atoms with van der Waals surface area (Å²) in [5.74, 6) is 0. The Hall–Kier alpha value is -2.19. The molecule has 22 heavy (non-hydrogen) atoms. The Kier molecular flexibility index (Phi) is 7.87. The van der Waals surface area contributed by atoms with E-state index in [4.69, 9.17) is 17.0 Å². The van der Waals surface area contributed by atoms with Gasteiger partial charge in [-0.3, -0.25) is 4.99 Å². The Labute approximate surface area is 137 Å². The number of aryl methyl sites for hydroxylation is 2. The van der Waals surface area contributed by atoms with Crippen molar-refractivity contribution in [2.75, 3.05) is 0 Å². The summed E-state index contributed by atoms with van der Waals surface area (Å²) in [6.07, 6.45) is 2.60. The van der Waals surface area contributed by atoms with Gasteiger partial charge in [0.25, 0.3) is 0 Å². The molecule has 0 radical (unpaired) electrons. The van der Waals surface area contributed by atoms with Crippen LogP contribution in [-0.2, 0) is 6.42 Å². The van der Waals surface area contributed by atoms with Gasteiger partial charge >= 0.3 is 0 Å². The number of allylic oxidation sites excluding steroid dienone is 1. The van der Waals surface area contributed by atoms with Crippen molar-refractivity contribution in [3.05, 3.63) is 82.5 Å². The molecule has 0 unspecified atom stereocenters. The van der Waals surface area contributed by atoms with Crippen LogP contribution in [0.25, 0.3) is 0 Å². The third-order valence-electron chi connectivity index (χ3n) is 2.99. The van der Waals surface area contributed by atoms with Gasteiger partial charge in [0.2, 0.25) is 0 Å². The zero-order valence-corrected chi connectivity index (χ0v) is 13.8. The van der Waals surface area contributed by atoms with E-state index in [-0.39, 0.29) is 5.16 Å². The molecule has 0 aliphatic heterocycles. The first-order valence-electron chi connectivity index (χ1n) is 7.10. The smallest absolute Gasteiger partial charge is 0.130 e. The summed E-state index contributed by atoms with van der Waals surface area (Å²) in [7, 11) is 0.